The Morgan fingerprint density at radius 3 is 1.59 bits per heavy atom. The molecule has 0 aromatic rings. The Morgan fingerprint density at radius 1 is 0.647 bits per heavy atom. The van der Waals surface area contributed by atoms with Gasteiger partial charge in [-0.25, -0.2) is 0 Å². The predicted octanol–water partition coefficient (Wildman–Crippen LogP) is 9.33. The van der Waals surface area contributed by atoms with Crippen molar-refractivity contribution in [3.8, 4) is 0 Å². The Kier molecular flexibility index (Phi) is 21.7. The van der Waals surface area contributed by atoms with Gasteiger partial charge in [-0.2, -0.15) is 0 Å². The van der Waals surface area contributed by atoms with Crippen LogP contribution in [0.5, 0.6) is 0 Å². The van der Waals surface area contributed by atoms with Crippen LogP contribution in [0.1, 0.15) is 163 Å². The first-order valence-corrected chi connectivity index (χ1v) is 14.7. The molecule has 0 spiro atoms. The number of carbonyl (C=O) groups excluding carboxylic acids is 2. The Labute approximate surface area is 212 Å². The maximum atomic E-state index is 11.8. The maximum Gasteiger partial charge on any atom is 0.306 e. The lowest BCUT2D eigenvalue weighted by Crippen LogP contribution is -2.26. The standard InChI is InChI=1S/C30H58O4/c1-6-27(3)23-19-15-11-10-14-18-22-26-33-28(31)24-20-16-12-8-9-13-17-21-25-29(32)34-30(4,5)7-2/h27H,6-26H2,1-5H3. The minimum atomic E-state index is -0.338. The minimum absolute atomic E-state index is 0.0248. The fraction of sp³-hybridized carbons (Fsp3) is 0.933. The third kappa shape index (κ3) is 22.7. The summed E-state index contributed by atoms with van der Waals surface area (Å²) in [5, 5.41) is 0. The summed E-state index contributed by atoms with van der Waals surface area (Å²) in [6.07, 6.45) is 22.3. The topological polar surface area (TPSA) is 52.6 Å². The highest BCUT2D eigenvalue weighted by atomic mass is 16.6. The van der Waals surface area contributed by atoms with Crippen molar-refractivity contribution >= 4 is 11.9 Å². The molecule has 0 saturated heterocycles. The van der Waals surface area contributed by atoms with Crippen LogP contribution in [0.2, 0.25) is 0 Å². The molecule has 0 aliphatic carbocycles. The van der Waals surface area contributed by atoms with Gasteiger partial charge in [0.05, 0.1) is 6.61 Å². The van der Waals surface area contributed by atoms with Gasteiger partial charge in [0.1, 0.15) is 5.60 Å². The molecule has 0 aromatic heterocycles. The van der Waals surface area contributed by atoms with E-state index >= 15 is 0 Å². The molecular weight excluding hydrogens is 424 g/mol. The van der Waals surface area contributed by atoms with E-state index in [1.165, 1.54) is 77.0 Å². The Bertz CT molecular complexity index is 486. The lowest BCUT2D eigenvalue weighted by atomic mass is 10.00. The summed E-state index contributed by atoms with van der Waals surface area (Å²) >= 11 is 0. The van der Waals surface area contributed by atoms with E-state index in [-0.39, 0.29) is 17.5 Å². The predicted molar refractivity (Wildman–Crippen MR) is 144 cm³/mol. The van der Waals surface area contributed by atoms with Gasteiger partial charge in [0.25, 0.3) is 0 Å². The second-order valence-electron chi connectivity index (χ2n) is 10.9. The number of esters is 2. The Morgan fingerprint density at radius 2 is 1.09 bits per heavy atom. The van der Waals surface area contributed by atoms with E-state index in [0.29, 0.717) is 19.4 Å². The molecule has 0 heterocycles. The Hall–Kier alpha value is -1.06. The largest absolute Gasteiger partial charge is 0.466 e. The lowest BCUT2D eigenvalue weighted by molar-refractivity contribution is -0.156. The summed E-state index contributed by atoms with van der Waals surface area (Å²) in [7, 11) is 0. The summed E-state index contributed by atoms with van der Waals surface area (Å²) in [5.74, 6) is 0.790. The van der Waals surface area contributed by atoms with Gasteiger partial charge < -0.3 is 9.47 Å². The van der Waals surface area contributed by atoms with Crippen LogP contribution in [0.4, 0.5) is 0 Å². The van der Waals surface area contributed by atoms with E-state index in [4.69, 9.17) is 9.47 Å². The zero-order chi connectivity index (χ0) is 25.5. The van der Waals surface area contributed by atoms with Gasteiger partial charge in [-0.1, -0.05) is 111 Å². The number of carbonyl (C=O) groups is 2. The molecule has 1 unspecified atom stereocenters. The maximum absolute atomic E-state index is 11.8. The highest BCUT2D eigenvalue weighted by molar-refractivity contribution is 5.69. The second-order valence-corrected chi connectivity index (χ2v) is 10.9. The lowest BCUT2D eigenvalue weighted by Gasteiger charge is -2.23. The van der Waals surface area contributed by atoms with Crippen molar-refractivity contribution in [3.63, 3.8) is 0 Å². The quantitative estimate of drug-likeness (QED) is 0.102. The van der Waals surface area contributed by atoms with Crippen LogP contribution >= 0.6 is 0 Å². The summed E-state index contributed by atoms with van der Waals surface area (Å²) in [6, 6.07) is 0. The number of hydrogen-bond acceptors (Lipinski definition) is 4. The average Bonchev–Trinajstić information content (AvgIpc) is 2.80. The highest BCUT2D eigenvalue weighted by Crippen LogP contribution is 2.17. The molecule has 0 saturated carbocycles. The zero-order valence-electron chi connectivity index (χ0n) is 23.6. The zero-order valence-corrected chi connectivity index (χ0v) is 23.6. The number of ether oxygens (including phenoxy) is 2. The van der Waals surface area contributed by atoms with Crippen LogP contribution in [0.3, 0.4) is 0 Å². The monoisotopic (exact) mass is 482 g/mol. The van der Waals surface area contributed by atoms with Gasteiger partial charge >= 0.3 is 11.9 Å². The van der Waals surface area contributed by atoms with Crippen LogP contribution in [0, 0.1) is 5.92 Å². The van der Waals surface area contributed by atoms with Gasteiger partial charge in [-0.3, -0.25) is 9.59 Å². The number of rotatable bonds is 24. The van der Waals surface area contributed by atoms with E-state index in [1.807, 2.05) is 20.8 Å². The van der Waals surface area contributed by atoms with Crippen molar-refractivity contribution in [1.82, 2.24) is 0 Å². The molecule has 0 bridgehead atoms. The molecule has 0 fully saturated rings. The van der Waals surface area contributed by atoms with E-state index < -0.39 is 0 Å². The van der Waals surface area contributed by atoms with Gasteiger partial charge in [0.2, 0.25) is 0 Å². The average molecular weight is 483 g/mol. The molecule has 0 rings (SSSR count). The molecule has 34 heavy (non-hydrogen) atoms. The third-order valence-corrected chi connectivity index (χ3v) is 7.05. The van der Waals surface area contributed by atoms with Crippen LogP contribution < -0.4 is 0 Å². The highest BCUT2D eigenvalue weighted by Gasteiger charge is 2.19. The van der Waals surface area contributed by atoms with Crippen molar-refractivity contribution in [2.75, 3.05) is 6.61 Å². The summed E-state index contributed by atoms with van der Waals surface area (Å²) in [5.41, 5.74) is -0.338. The van der Waals surface area contributed by atoms with E-state index in [9.17, 15) is 9.59 Å². The first-order valence-electron chi connectivity index (χ1n) is 14.7. The molecule has 0 aromatic carbocycles. The molecular formula is C30H58O4. The first-order chi connectivity index (χ1) is 16.3. The van der Waals surface area contributed by atoms with Gasteiger partial charge in [-0.15, -0.1) is 0 Å². The van der Waals surface area contributed by atoms with Crippen LogP contribution in [-0.4, -0.2) is 24.1 Å². The molecule has 0 aliphatic heterocycles. The summed E-state index contributed by atoms with van der Waals surface area (Å²) in [6.45, 7) is 11.2. The second kappa shape index (κ2) is 22.4. The third-order valence-electron chi connectivity index (χ3n) is 7.05. The fourth-order valence-electron chi connectivity index (χ4n) is 3.97. The van der Waals surface area contributed by atoms with Crippen molar-refractivity contribution < 1.29 is 19.1 Å². The molecule has 202 valence electrons. The summed E-state index contributed by atoms with van der Waals surface area (Å²) < 4.78 is 10.8. The fourth-order valence-corrected chi connectivity index (χ4v) is 3.97. The Balaban J connectivity index is 3.32. The van der Waals surface area contributed by atoms with Crippen LogP contribution in [0.15, 0.2) is 0 Å². The smallest absolute Gasteiger partial charge is 0.306 e. The van der Waals surface area contributed by atoms with Crippen molar-refractivity contribution in [3.05, 3.63) is 0 Å². The van der Waals surface area contributed by atoms with Gasteiger partial charge in [0.15, 0.2) is 0 Å². The van der Waals surface area contributed by atoms with E-state index in [2.05, 4.69) is 13.8 Å². The molecule has 1 atom stereocenters. The molecule has 0 amide bonds. The van der Waals surface area contributed by atoms with Gasteiger partial charge in [0, 0.05) is 12.8 Å². The number of unbranched alkanes of at least 4 members (excludes halogenated alkanes) is 13. The van der Waals surface area contributed by atoms with E-state index in [0.717, 1.165) is 44.4 Å². The molecule has 4 heteroatoms. The van der Waals surface area contributed by atoms with Gasteiger partial charge in [-0.05, 0) is 45.4 Å². The first kappa shape index (κ1) is 32.9. The normalized spacial score (nSPS) is 12.5. The molecule has 0 N–H and O–H groups in total. The number of hydrogen-bond donors (Lipinski definition) is 0. The minimum Gasteiger partial charge on any atom is -0.466 e. The van der Waals surface area contributed by atoms with Crippen molar-refractivity contribution in [2.45, 2.75) is 169 Å². The molecule has 4 nitrogen and oxygen atoms in total. The molecule has 0 radical (unpaired) electrons. The van der Waals surface area contributed by atoms with E-state index in [1.54, 1.807) is 0 Å². The van der Waals surface area contributed by atoms with Crippen molar-refractivity contribution in [2.24, 2.45) is 5.92 Å². The molecule has 0 aliphatic rings. The summed E-state index contributed by atoms with van der Waals surface area (Å²) in [4.78, 5) is 23.6. The van der Waals surface area contributed by atoms with Crippen LogP contribution in [-0.2, 0) is 19.1 Å². The SMILES string of the molecule is CCC(C)CCCCCCCCCOC(=O)CCCCCCCCCCC(=O)OC(C)(C)CC. The van der Waals surface area contributed by atoms with Crippen molar-refractivity contribution in [1.29, 1.82) is 0 Å². The van der Waals surface area contributed by atoms with Crippen LogP contribution in [0.25, 0.3) is 0 Å².